The van der Waals surface area contributed by atoms with Crippen molar-refractivity contribution in [3.63, 3.8) is 0 Å². The molecule has 8 heteroatoms. The van der Waals surface area contributed by atoms with Crippen molar-refractivity contribution < 1.29 is 13.9 Å². The number of aromatic amines is 1. The molecule has 0 bridgehead atoms. The zero-order valence-corrected chi connectivity index (χ0v) is 23.0. The maximum absolute atomic E-state index is 13.7. The molecule has 0 spiro atoms. The minimum atomic E-state index is -0.486. The third-order valence-electron chi connectivity index (χ3n) is 7.04. The minimum absolute atomic E-state index is 0.294. The number of rotatable bonds is 5. The Kier molecular flexibility index (Phi) is 6.77. The van der Waals surface area contributed by atoms with Gasteiger partial charge in [-0.15, -0.1) is 0 Å². The number of methoxy groups -OCH3 is 1. The first-order valence-electron chi connectivity index (χ1n) is 12.6. The van der Waals surface area contributed by atoms with Crippen LogP contribution in [0.15, 0.2) is 111 Å². The van der Waals surface area contributed by atoms with E-state index in [2.05, 4.69) is 20.9 Å². The number of ether oxygens (including phenoxy) is 1. The molecule has 1 aromatic heterocycles. The van der Waals surface area contributed by atoms with E-state index in [1.165, 1.54) is 29.3 Å². The van der Waals surface area contributed by atoms with Gasteiger partial charge < -0.3 is 9.72 Å². The molecule has 5 aromatic rings. The summed E-state index contributed by atoms with van der Waals surface area (Å²) in [6.07, 6.45) is 0.307. The monoisotopic (exact) mass is 595 g/mol. The highest BCUT2D eigenvalue weighted by molar-refractivity contribution is 9.10. The van der Waals surface area contributed by atoms with Crippen LogP contribution >= 0.6 is 15.9 Å². The molecule has 1 atom stereocenters. The Morgan fingerprint density at radius 3 is 2.40 bits per heavy atom. The van der Waals surface area contributed by atoms with Crippen LogP contribution in [-0.2, 0) is 0 Å². The molecular formula is C32H23BrFN3O3. The predicted molar refractivity (Wildman–Crippen MR) is 157 cm³/mol. The molecule has 1 N–H and O–H groups in total. The molecule has 198 valence electrons. The zero-order valence-electron chi connectivity index (χ0n) is 21.4. The van der Waals surface area contributed by atoms with Gasteiger partial charge in [-0.05, 0) is 65.7 Å². The Labute approximate surface area is 237 Å². The van der Waals surface area contributed by atoms with Crippen LogP contribution in [-0.4, -0.2) is 28.7 Å². The van der Waals surface area contributed by atoms with Gasteiger partial charge in [-0.1, -0.05) is 58.4 Å². The summed E-state index contributed by atoms with van der Waals surface area (Å²) in [5.41, 5.74) is 4.02. The Hall–Kier alpha value is -4.56. The largest absolute Gasteiger partial charge is 0.497 e. The fraction of sp³-hybridized carbons (Fsp3) is 0.0938. The van der Waals surface area contributed by atoms with Crippen LogP contribution in [0.4, 0.5) is 4.39 Å². The summed E-state index contributed by atoms with van der Waals surface area (Å²) in [6, 6.07) is 27.7. The number of hydrogen-bond acceptors (Lipinski definition) is 4. The van der Waals surface area contributed by atoms with Gasteiger partial charge in [0.25, 0.3) is 11.5 Å². The number of hydrogen-bond donors (Lipinski definition) is 1. The van der Waals surface area contributed by atoms with Gasteiger partial charge in [-0.3, -0.25) is 9.59 Å². The number of hydrazone groups is 1. The van der Waals surface area contributed by atoms with E-state index in [0.29, 0.717) is 34.5 Å². The lowest BCUT2D eigenvalue weighted by Crippen LogP contribution is -2.27. The fourth-order valence-electron chi connectivity index (χ4n) is 5.10. The number of halogens is 2. The van der Waals surface area contributed by atoms with Gasteiger partial charge in [-0.2, -0.15) is 5.10 Å². The van der Waals surface area contributed by atoms with E-state index in [-0.39, 0.29) is 5.56 Å². The van der Waals surface area contributed by atoms with Crippen molar-refractivity contribution in [2.45, 2.75) is 12.5 Å². The molecule has 4 aromatic carbocycles. The maximum atomic E-state index is 13.7. The number of amides is 1. The molecule has 0 saturated heterocycles. The number of benzene rings is 4. The third-order valence-corrected chi connectivity index (χ3v) is 7.53. The fourth-order valence-corrected chi connectivity index (χ4v) is 5.47. The molecule has 1 unspecified atom stereocenters. The predicted octanol–water partition coefficient (Wildman–Crippen LogP) is 7.10. The third kappa shape index (κ3) is 4.71. The molecule has 0 fully saturated rings. The molecule has 40 heavy (non-hydrogen) atoms. The van der Waals surface area contributed by atoms with Crippen LogP contribution in [0.5, 0.6) is 5.75 Å². The SMILES string of the molecule is COc1ccc(C2CC(c3c(-c4ccccc4)c4cc(Br)ccc4[nH]c3=O)=NN2C(=O)c2ccc(F)cc2)cc1. The van der Waals surface area contributed by atoms with E-state index in [0.717, 1.165) is 26.5 Å². The second kappa shape index (κ2) is 10.5. The molecule has 1 aliphatic rings. The van der Waals surface area contributed by atoms with Gasteiger partial charge in [0, 0.05) is 32.9 Å². The average molecular weight is 596 g/mol. The van der Waals surface area contributed by atoms with Crippen LogP contribution in [0, 0.1) is 5.82 Å². The Balaban J connectivity index is 1.55. The number of H-pyrrole nitrogens is 1. The highest BCUT2D eigenvalue weighted by Gasteiger charge is 2.36. The topological polar surface area (TPSA) is 74.8 Å². The van der Waals surface area contributed by atoms with Crippen LogP contribution < -0.4 is 10.3 Å². The molecule has 0 aliphatic carbocycles. The number of fused-ring (bicyclic) bond motifs is 1. The number of aromatic nitrogens is 1. The first kappa shape index (κ1) is 25.7. The molecule has 1 aliphatic heterocycles. The van der Waals surface area contributed by atoms with E-state index in [1.807, 2.05) is 72.8 Å². The quantitative estimate of drug-likeness (QED) is 0.235. The molecule has 6 rings (SSSR count). The van der Waals surface area contributed by atoms with Crippen molar-refractivity contribution in [3.8, 4) is 16.9 Å². The van der Waals surface area contributed by atoms with Crippen LogP contribution in [0.25, 0.3) is 22.0 Å². The molecule has 1 amide bonds. The Bertz CT molecular complexity index is 1820. The number of nitrogens with one attached hydrogen (secondary N) is 1. The van der Waals surface area contributed by atoms with Gasteiger partial charge in [0.15, 0.2) is 0 Å². The first-order chi connectivity index (χ1) is 19.4. The molecule has 2 heterocycles. The van der Waals surface area contributed by atoms with E-state index in [9.17, 15) is 14.0 Å². The zero-order chi connectivity index (χ0) is 27.8. The normalized spacial score (nSPS) is 14.8. The molecule has 0 saturated carbocycles. The van der Waals surface area contributed by atoms with Gasteiger partial charge in [0.2, 0.25) is 0 Å². The highest BCUT2D eigenvalue weighted by Crippen LogP contribution is 2.38. The molecular weight excluding hydrogens is 573 g/mol. The second-order valence-corrected chi connectivity index (χ2v) is 10.4. The van der Waals surface area contributed by atoms with Crippen LogP contribution in [0.2, 0.25) is 0 Å². The summed E-state index contributed by atoms with van der Waals surface area (Å²) in [4.78, 5) is 30.4. The summed E-state index contributed by atoms with van der Waals surface area (Å²) in [5, 5.41) is 7.02. The van der Waals surface area contributed by atoms with Gasteiger partial charge in [0.1, 0.15) is 11.6 Å². The smallest absolute Gasteiger partial charge is 0.274 e. The van der Waals surface area contributed by atoms with E-state index >= 15 is 0 Å². The Morgan fingerprint density at radius 1 is 0.975 bits per heavy atom. The van der Waals surface area contributed by atoms with Crippen molar-refractivity contribution in [3.05, 3.63) is 134 Å². The highest BCUT2D eigenvalue weighted by atomic mass is 79.9. The summed E-state index contributed by atoms with van der Waals surface area (Å²) < 4.78 is 19.8. The average Bonchev–Trinajstić information content (AvgIpc) is 3.42. The number of nitrogens with zero attached hydrogens (tertiary/aromatic N) is 2. The van der Waals surface area contributed by atoms with Crippen LogP contribution in [0.1, 0.15) is 33.9 Å². The summed E-state index contributed by atoms with van der Waals surface area (Å²) in [7, 11) is 1.59. The first-order valence-corrected chi connectivity index (χ1v) is 13.4. The number of carbonyl (C=O) groups excluding carboxylic acids is 1. The van der Waals surface area contributed by atoms with E-state index in [4.69, 9.17) is 9.84 Å². The number of pyridine rings is 1. The van der Waals surface area contributed by atoms with E-state index < -0.39 is 17.8 Å². The number of carbonyl (C=O) groups is 1. The standard InChI is InChI=1S/C32H23BrFN3O3/c1-40-24-14-9-19(10-15-24)28-18-27(36-37(28)32(39)21-7-12-23(34)13-8-21)30-29(20-5-3-2-4-6-20)25-17-22(33)11-16-26(25)35-31(30)38/h2-17,28H,18H2,1H3,(H,35,38). The van der Waals surface area contributed by atoms with Crippen LogP contribution in [0.3, 0.4) is 0 Å². The lowest BCUT2D eigenvalue weighted by molar-refractivity contribution is 0.0711. The van der Waals surface area contributed by atoms with Crippen molar-refractivity contribution >= 4 is 38.5 Å². The van der Waals surface area contributed by atoms with Gasteiger partial charge in [-0.25, -0.2) is 9.40 Å². The minimum Gasteiger partial charge on any atom is -0.497 e. The van der Waals surface area contributed by atoms with Crippen molar-refractivity contribution in [2.24, 2.45) is 5.10 Å². The lowest BCUT2D eigenvalue weighted by Gasteiger charge is -2.22. The lowest BCUT2D eigenvalue weighted by atomic mass is 9.91. The summed E-state index contributed by atoms with van der Waals surface area (Å²) in [6.45, 7) is 0. The Morgan fingerprint density at radius 2 is 1.70 bits per heavy atom. The van der Waals surface area contributed by atoms with Crippen molar-refractivity contribution in [1.82, 2.24) is 9.99 Å². The summed E-state index contributed by atoms with van der Waals surface area (Å²) in [5.74, 6) is -0.144. The maximum Gasteiger partial charge on any atom is 0.274 e. The van der Waals surface area contributed by atoms with Crippen molar-refractivity contribution in [2.75, 3.05) is 7.11 Å². The van der Waals surface area contributed by atoms with Crippen molar-refractivity contribution in [1.29, 1.82) is 0 Å². The van der Waals surface area contributed by atoms with E-state index in [1.54, 1.807) is 7.11 Å². The molecule has 0 radical (unpaired) electrons. The second-order valence-electron chi connectivity index (χ2n) is 9.46. The van der Waals surface area contributed by atoms with Gasteiger partial charge in [0.05, 0.1) is 24.4 Å². The summed E-state index contributed by atoms with van der Waals surface area (Å²) >= 11 is 3.57. The molecule has 6 nitrogen and oxygen atoms in total. The van der Waals surface area contributed by atoms with Gasteiger partial charge >= 0.3 is 0 Å².